The predicted octanol–water partition coefficient (Wildman–Crippen LogP) is 5.25. The third-order valence-corrected chi connectivity index (χ3v) is 4.16. The maximum atomic E-state index is 11.8. The molecule has 0 spiro atoms. The van der Waals surface area contributed by atoms with Gasteiger partial charge in [-0.25, -0.2) is 14.6 Å². The fraction of sp³-hybridized carbons (Fsp3) is 0.650. The van der Waals surface area contributed by atoms with Crippen LogP contribution in [0.15, 0.2) is 18.2 Å². The van der Waals surface area contributed by atoms with Crippen LogP contribution in [0, 0.1) is 0 Å². The van der Waals surface area contributed by atoms with E-state index >= 15 is 0 Å². The molecule has 0 aromatic carbocycles. The van der Waals surface area contributed by atoms with Gasteiger partial charge in [0.15, 0.2) is 0 Å². The summed E-state index contributed by atoms with van der Waals surface area (Å²) in [6, 6.07) is 4.31. The highest BCUT2D eigenvalue weighted by Gasteiger charge is 2.12. The second kappa shape index (κ2) is 13.4. The van der Waals surface area contributed by atoms with E-state index in [1.807, 2.05) is 0 Å². The van der Waals surface area contributed by atoms with Crippen LogP contribution in [0.3, 0.4) is 0 Å². The van der Waals surface area contributed by atoms with Crippen molar-refractivity contribution in [2.75, 3.05) is 6.61 Å². The molecule has 1 aromatic heterocycles. The molecule has 0 bridgehead atoms. The summed E-state index contributed by atoms with van der Waals surface area (Å²) in [7, 11) is 0. The average Bonchev–Trinajstić information content (AvgIpc) is 2.62. The van der Waals surface area contributed by atoms with Crippen molar-refractivity contribution in [2.45, 2.75) is 77.6 Å². The van der Waals surface area contributed by atoms with Gasteiger partial charge in [0.05, 0.1) is 6.61 Å². The second-order valence-corrected chi connectivity index (χ2v) is 6.38. The van der Waals surface area contributed by atoms with Crippen LogP contribution in [0.5, 0.6) is 0 Å². The van der Waals surface area contributed by atoms with E-state index in [2.05, 4.69) is 11.9 Å². The molecule has 0 aliphatic carbocycles. The highest BCUT2D eigenvalue weighted by Crippen LogP contribution is 2.11. The van der Waals surface area contributed by atoms with E-state index in [0.717, 1.165) is 12.8 Å². The predicted molar refractivity (Wildman–Crippen MR) is 97.9 cm³/mol. The van der Waals surface area contributed by atoms with Crippen molar-refractivity contribution in [3.8, 4) is 0 Å². The molecule has 0 atom stereocenters. The van der Waals surface area contributed by atoms with Crippen molar-refractivity contribution in [3.05, 3.63) is 29.6 Å². The highest BCUT2D eigenvalue weighted by atomic mass is 16.5. The fourth-order valence-electron chi connectivity index (χ4n) is 2.67. The van der Waals surface area contributed by atoms with Crippen LogP contribution >= 0.6 is 0 Å². The average molecular weight is 349 g/mol. The number of carboxylic acids is 1. The van der Waals surface area contributed by atoms with E-state index in [1.54, 1.807) is 0 Å². The number of carboxylic acid groups (broad SMARTS) is 1. The van der Waals surface area contributed by atoms with Crippen molar-refractivity contribution in [2.24, 2.45) is 0 Å². The molecule has 5 nitrogen and oxygen atoms in total. The number of carbonyl (C=O) groups excluding carboxylic acids is 1. The van der Waals surface area contributed by atoms with Crippen molar-refractivity contribution in [3.63, 3.8) is 0 Å². The topological polar surface area (TPSA) is 76.5 Å². The molecule has 0 saturated carbocycles. The van der Waals surface area contributed by atoms with Gasteiger partial charge in [-0.15, -0.1) is 0 Å². The maximum Gasteiger partial charge on any atom is 0.356 e. The molecule has 0 aliphatic rings. The van der Waals surface area contributed by atoms with Gasteiger partial charge in [0.2, 0.25) is 0 Å². The molecule has 5 heteroatoms. The van der Waals surface area contributed by atoms with Gasteiger partial charge >= 0.3 is 11.9 Å². The summed E-state index contributed by atoms with van der Waals surface area (Å²) in [5, 5.41) is 8.87. The van der Waals surface area contributed by atoms with Gasteiger partial charge in [0.25, 0.3) is 0 Å². The Hall–Kier alpha value is -1.91. The highest BCUT2D eigenvalue weighted by molar-refractivity contribution is 5.90. The van der Waals surface area contributed by atoms with Crippen LogP contribution in [0.1, 0.15) is 98.5 Å². The first-order valence-electron chi connectivity index (χ1n) is 9.52. The van der Waals surface area contributed by atoms with Gasteiger partial charge in [-0.1, -0.05) is 77.2 Å². The Morgan fingerprint density at radius 2 is 1.40 bits per heavy atom. The number of rotatable bonds is 14. The SMILES string of the molecule is CCCCCCCCCCCCCOC(=O)c1cccc(C(=O)O)n1. The number of aromatic carboxylic acids is 1. The standard InChI is InChI=1S/C20H31NO4/c1-2-3-4-5-6-7-8-9-10-11-12-16-25-20(24)18-15-13-14-17(21-18)19(22)23/h13-15H,2-12,16H2,1H3,(H,22,23). The van der Waals surface area contributed by atoms with E-state index in [0.29, 0.717) is 6.61 Å². The van der Waals surface area contributed by atoms with E-state index < -0.39 is 11.9 Å². The third-order valence-electron chi connectivity index (χ3n) is 4.16. The van der Waals surface area contributed by atoms with E-state index in [-0.39, 0.29) is 11.4 Å². The Morgan fingerprint density at radius 3 is 1.96 bits per heavy atom. The first kappa shape index (κ1) is 21.1. The number of nitrogens with zero attached hydrogens (tertiary/aromatic N) is 1. The van der Waals surface area contributed by atoms with E-state index in [1.165, 1.54) is 76.0 Å². The number of pyridine rings is 1. The molecule has 1 N–H and O–H groups in total. The Labute approximate surface area is 150 Å². The van der Waals surface area contributed by atoms with Crippen LogP contribution in [-0.2, 0) is 4.74 Å². The molecule has 0 fully saturated rings. The Balaban J connectivity index is 2.02. The summed E-state index contributed by atoms with van der Waals surface area (Å²) in [6.45, 7) is 2.59. The molecule has 0 saturated heterocycles. The number of carbonyl (C=O) groups is 2. The van der Waals surface area contributed by atoms with Gasteiger partial charge < -0.3 is 9.84 Å². The minimum Gasteiger partial charge on any atom is -0.477 e. The Kier molecular flexibility index (Phi) is 11.3. The van der Waals surface area contributed by atoms with Gasteiger partial charge in [0, 0.05) is 0 Å². The molecule has 0 unspecified atom stereocenters. The zero-order valence-corrected chi connectivity index (χ0v) is 15.3. The summed E-state index contributed by atoms with van der Waals surface area (Å²) in [5.74, 6) is -1.71. The molecule has 0 radical (unpaired) electrons. The van der Waals surface area contributed by atoms with Crippen LogP contribution in [0.2, 0.25) is 0 Å². The van der Waals surface area contributed by atoms with Gasteiger partial charge in [-0.05, 0) is 18.6 Å². The lowest BCUT2D eigenvalue weighted by molar-refractivity contribution is 0.0490. The second-order valence-electron chi connectivity index (χ2n) is 6.38. The number of unbranched alkanes of at least 4 members (excludes halogenated alkanes) is 10. The van der Waals surface area contributed by atoms with Gasteiger partial charge in [0.1, 0.15) is 11.4 Å². The summed E-state index contributed by atoms with van der Waals surface area (Å²) in [5.41, 5.74) is -0.105. The molecular formula is C20H31NO4. The summed E-state index contributed by atoms with van der Waals surface area (Å²) in [6.07, 6.45) is 13.6. The number of esters is 1. The van der Waals surface area contributed by atoms with Gasteiger partial charge in [-0.3, -0.25) is 0 Å². The normalized spacial score (nSPS) is 10.6. The van der Waals surface area contributed by atoms with Crippen molar-refractivity contribution >= 4 is 11.9 Å². The van der Waals surface area contributed by atoms with Gasteiger partial charge in [-0.2, -0.15) is 0 Å². The van der Waals surface area contributed by atoms with Crippen molar-refractivity contribution in [1.29, 1.82) is 0 Å². The molecule has 1 aromatic rings. The fourth-order valence-corrected chi connectivity index (χ4v) is 2.67. The molecule has 0 aliphatic heterocycles. The van der Waals surface area contributed by atoms with E-state index in [9.17, 15) is 9.59 Å². The Bertz CT molecular complexity index is 516. The number of hydrogen-bond donors (Lipinski definition) is 1. The molecule has 140 valence electrons. The molecule has 0 amide bonds. The summed E-state index contributed by atoms with van der Waals surface area (Å²) >= 11 is 0. The van der Waals surface area contributed by atoms with Crippen LogP contribution < -0.4 is 0 Å². The molecule has 25 heavy (non-hydrogen) atoms. The Morgan fingerprint density at radius 1 is 0.880 bits per heavy atom. The van der Waals surface area contributed by atoms with E-state index in [4.69, 9.17) is 9.84 Å². The number of aromatic nitrogens is 1. The minimum absolute atomic E-state index is 0.0444. The lowest BCUT2D eigenvalue weighted by Gasteiger charge is -2.05. The van der Waals surface area contributed by atoms with Crippen LogP contribution in [-0.4, -0.2) is 28.6 Å². The summed E-state index contributed by atoms with van der Waals surface area (Å²) < 4.78 is 5.15. The quantitative estimate of drug-likeness (QED) is 0.367. The van der Waals surface area contributed by atoms with Crippen LogP contribution in [0.25, 0.3) is 0 Å². The first-order valence-corrected chi connectivity index (χ1v) is 9.52. The smallest absolute Gasteiger partial charge is 0.356 e. The first-order chi connectivity index (χ1) is 12.1. The van der Waals surface area contributed by atoms with Crippen LogP contribution in [0.4, 0.5) is 0 Å². The maximum absolute atomic E-state index is 11.8. The zero-order valence-electron chi connectivity index (χ0n) is 15.3. The molecule has 1 heterocycles. The number of ether oxygens (including phenoxy) is 1. The van der Waals surface area contributed by atoms with Crippen molar-refractivity contribution in [1.82, 2.24) is 4.98 Å². The summed E-state index contributed by atoms with van der Waals surface area (Å²) in [4.78, 5) is 26.4. The minimum atomic E-state index is -1.15. The third kappa shape index (κ3) is 9.85. The monoisotopic (exact) mass is 349 g/mol. The molecular weight excluding hydrogens is 318 g/mol. The lowest BCUT2D eigenvalue weighted by Crippen LogP contribution is -2.11. The largest absolute Gasteiger partial charge is 0.477 e. The number of hydrogen-bond acceptors (Lipinski definition) is 4. The zero-order chi connectivity index (χ0) is 18.3. The van der Waals surface area contributed by atoms with Crippen molar-refractivity contribution < 1.29 is 19.4 Å². The lowest BCUT2D eigenvalue weighted by atomic mass is 10.1. The molecule has 1 rings (SSSR count).